The fourth-order valence-electron chi connectivity index (χ4n) is 0.188. The van der Waals surface area contributed by atoms with Gasteiger partial charge in [-0.2, -0.15) is 16.8 Å². The van der Waals surface area contributed by atoms with E-state index in [-0.39, 0.29) is 32.7 Å². The molecule has 6 nitrogen and oxygen atoms in total. The van der Waals surface area contributed by atoms with Crippen molar-refractivity contribution < 1.29 is 58.7 Å². The Hall–Kier alpha value is 0.924. The van der Waals surface area contributed by atoms with E-state index in [4.69, 9.17) is 9.11 Å². The molecule has 10 heavy (non-hydrogen) atoms. The molecule has 1 radical (unpaired) electrons. The monoisotopic (exact) mass is 265 g/mol. The van der Waals surface area contributed by atoms with E-state index in [0.717, 1.165) is 0 Å². The van der Waals surface area contributed by atoms with Crippen molar-refractivity contribution in [3.63, 3.8) is 0 Å². The topological polar surface area (TPSA) is 109 Å². The Balaban J connectivity index is 0. The predicted molar refractivity (Wildman–Crippen MR) is 28.0 cm³/mol. The summed E-state index contributed by atoms with van der Waals surface area (Å²) >= 11 is 0. The van der Waals surface area contributed by atoms with Gasteiger partial charge in [0, 0.05) is 32.7 Å². The minimum atomic E-state index is -4.62. The molecule has 0 rings (SSSR count). The molecule has 0 saturated carbocycles. The van der Waals surface area contributed by atoms with Crippen LogP contribution >= 0.6 is 0 Å². The number of hydrogen-bond donors (Lipinski definition) is 2. The van der Waals surface area contributed by atoms with Crippen LogP contribution in [0.1, 0.15) is 0 Å². The van der Waals surface area contributed by atoms with E-state index in [2.05, 4.69) is 0 Å². The van der Waals surface area contributed by atoms with Gasteiger partial charge in [-0.25, -0.2) is 0 Å². The number of rotatable bonds is 2. The van der Waals surface area contributed by atoms with Crippen LogP contribution in [-0.2, 0) is 52.9 Å². The minimum Gasteiger partial charge on any atom is -0.285 e. The van der Waals surface area contributed by atoms with Crippen LogP contribution in [0.5, 0.6) is 0 Å². The average Bonchev–Trinajstić information content (AvgIpc) is 1.14. The summed E-state index contributed by atoms with van der Waals surface area (Å²) < 4.78 is 54.2. The van der Waals surface area contributed by atoms with Crippen molar-refractivity contribution in [2.75, 3.05) is 5.08 Å². The van der Waals surface area contributed by atoms with Gasteiger partial charge in [0.1, 0.15) is 0 Å². The molecule has 0 unspecified atom stereocenters. The summed E-state index contributed by atoms with van der Waals surface area (Å²) in [5.41, 5.74) is 0. The average molecular weight is 265 g/mol. The first kappa shape index (κ1) is 13.5. The van der Waals surface area contributed by atoms with Crippen molar-refractivity contribution in [2.24, 2.45) is 0 Å². The zero-order valence-corrected chi connectivity index (χ0v) is 9.10. The maximum absolute atomic E-state index is 9.66. The summed E-state index contributed by atoms with van der Waals surface area (Å²) in [7, 11) is -9.24. The number of hydrogen-bond acceptors (Lipinski definition) is 4. The van der Waals surface area contributed by atoms with E-state index in [1.807, 2.05) is 0 Å². The molecule has 9 heteroatoms. The van der Waals surface area contributed by atoms with E-state index >= 15 is 0 Å². The van der Waals surface area contributed by atoms with Gasteiger partial charge in [0.15, 0.2) is 0 Å². The summed E-state index contributed by atoms with van der Waals surface area (Å²) in [6, 6.07) is 0. The molecule has 0 saturated heterocycles. The molecule has 59 valence electrons. The molecular formula is CH4O6S2Y. The van der Waals surface area contributed by atoms with Crippen LogP contribution in [0.2, 0.25) is 0 Å². The van der Waals surface area contributed by atoms with E-state index in [1.54, 1.807) is 0 Å². The van der Waals surface area contributed by atoms with Crippen LogP contribution in [0.25, 0.3) is 0 Å². The van der Waals surface area contributed by atoms with Gasteiger partial charge in [-0.05, 0) is 0 Å². The minimum absolute atomic E-state index is 0. The summed E-state index contributed by atoms with van der Waals surface area (Å²) in [6.07, 6.45) is 0. The molecule has 0 aromatic rings. The van der Waals surface area contributed by atoms with Crippen molar-refractivity contribution in [3.05, 3.63) is 0 Å². The van der Waals surface area contributed by atoms with Gasteiger partial charge in [-0.1, -0.05) is 0 Å². The quantitative estimate of drug-likeness (QED) is 0.602. The Morgan fingerprint density at radius 1 is 0.900 bits per heavy atom. The van der Waals surface area contributed by atoms with Crippen molar-refractivity contribution in [3.8, 4) is 0 Å². The van der Waals surface area contributed by atoms with Crippen LogP contribution < -0.4 is 0 Å². The second kappa shape index (κ2) is 4.08. The third-order valence-electron chi connectivity index (χ3n) is 0.298. The molecule has 0 spiro atoms. The summed E-state index contributed by atoms with van der Waals surface area (Å²) in [4.78, 5) is 0. The van der Waals surface area contributed by atoms with E-state index < -0.39 is 25.3 Å². The summed E-state index contributed by atoms with van der Waals surface area (Å²) in [5.74, 6) is 0. The van der Waals surface area contributed by atoms with Crippen LogP contribution in [0.3, 0.4) is 0 Å². The van der Waals surface area contributed by atoms with Crippen molar-refractivity contribution in [1.29, 1.82) is 0 Å². The molecular weight excluding hydrogens is 261 g/mol. The van der Waals surface area contributed by atoms with Gasteiger partial charge in [0.05, 0.1) is 0 Å². The fraction of sp³-hybridized carbons (Fsp3) is 1.00. The first-order valence-electron chi connectivity index (χ1n) is 1.61. The molecule has 0 atom stereocenters. The Bertz CT molecular complexity index is 241. The maximum atomic E-state index is 9.66. The molecule has 0 heterocycles. The third kappa shape index (κ3) is 11.7. The third-order valence-corrected chi connectivity index (χ3v) is 2.68. The van der Waals surface area contributed by atoms with Gasteiger partial charge in [-0.15, -0.1) is 0 Å². The molecule has 0 amide bonds. The van der Waals surface area contributed by atoms with Crippen LogP contribution in [0.4, 0.5) is 0 Å². The Morgan fingerprint density at radius 3 is 1.10 bits per heavy atom. The van der Waals surface area contributed by atoms with E-state index in [0.29, 0.717) is 0 Å². The van der Waals surface area contributed by atoms with Gasteiger partial charge in [0.25, 0.3) is 20.2 Å². The van der Waals surface area contributed by atoms with E-state index in [1.165, 1.54) is 0 Å². The second-order valence-electron chi connectivity index (χ2n) is 1.28. The SMILES string of the molecule is O=S(=O)(O)CS(=O)(=O)O.[Y]. The zero-order chi connectivity index (χ0) is 7.71. The first-order valence-corrected chi connectivity index (χ1v) is 4.83. The van der Waals surface area contributed by atoms with Crippen LogP contribution in [0.15, 0.2) is 0 Å². The van der Waals surface area contributed by atoms with Crippen molar-refractivity contribution in [2.45, 2.75) is 0 Å². The molecule has 2 N–H and O–H groups in total. The Morgan fingerprint density at radius 2 is 1.10 bits per heavy atom. The molecule has 0 aromatic heterocycles. The molecule has 0 bridgehead atoms. The van der Waals surface area contributed by atoms with Crippen molar-refractivity contribution >= 4 is 20.2 Å². The van der Waals surface area contributed by atoms with Gasteiger partial charge < -0.3 is 0 Å². The van der Waals surface area contributed by atoms with Gasteiger partial charge >= 0.3 is 0 Å². The molecule has 0 aliphatic rings. The standard InChI is InChI=1S/CH4O6S2.Y/c2-8(3,4)1-9(5,6)7;/h1H2,(H,2,3,4)(H,5,6,7);. The predicted octanol–water partition coefficient (Wildman–Crippen LogP) is -1.28. The molecule has 0 aromatic carbocycles. The second-order valence-corrected chi connectivity index (χ2v) is 4.55. The zero-order valence-electron chi connectivity index (χ0n) is 4.63. The van der Waals surface area contributed by atoms with Crippen LogP contribution in [0, 0.1) is 0 Å². The maximum Gasteiger partial charge on any atom is 0.281 e. The summed E-state index contributed by atoms with van der Waals surface area (Å²) in [6.45, 7) is 0. The molecule has 0 fully saturated rings. The molecule has 0 aliphatic carbocycles. The fourth-order valence-corrected chi connectivity index (χ4v) is 1.69. The normalized spacial score (nSPS) is 12.2. The smallest absolute Gasteiger partial charge is 0.281 e. The van der Waals surface area contributed by atoms with Gasteiger partial charge in [0.2, 0.25) is 5.08 Å². The van der Waals surface area contributed by atoms with Gasteiger partial charge in [-0.3, -0.25) is 9.11 Å². The van der Waals surface area contributed by atoms with Crippen molar-refractivity contribution in [1.82, 2.24) is 0 Å². The first-order chi connectivity index (χ1) is 3.71. The Labute approximate surface area is 83.4 Å². The van der Waals surface area contributed by atoms with E-state index in [9.17, 15) is 16.8 Å². The largest absolute Gasteiger partial charge is 0.285 e. The molecule has 0 aliphatic heterocycles. The Kier molecular flexibility index (Phi) is 5.51. The van der Waals surface area contributed by atoms with Crippen LogP contribution in [-0.4, -0.2) is 31.0 Å². The summed E-state index contributed by atoms with van der Waals surface area (Å²) in [5, 5.41) is -1.65.